The Hall–Kier alpha value is 0.290. The Morgan fingerprint density at radius 1 is 1.33 bits per heavy atom. The molecular formula is C3H7F2P. The largest absolute Gasteiger partial charge is 0.251 e. The van der Waals surface area contributed by atoms with Crippen LogP contribution in [0.2, 0.25) is 0 Å². The molecule has 0 aliphatic rings. The molecule has 0 nitrogen and oxygen atoms in total. The third-order valence-electron chi connectivity index (χ3n) is 0.366. The summed E-state index contributed by atoms with van der Waals surface area (Å²) in [6.45, 7) is -0.373. The minimum atomic E-state index is -0.373. The molecule has 0 aliphatic carbocycles. The molecule has 0 rings (SSSR count). The first-order chi connectivity index (χ1) is 2.91. The van der Waals surface area contributed by atoms with Gasteiger partial charge in [-0.1, -0.05) is 8.58 Å². The van der Waals surface area contributed by atoms with E-state index in [2.05, 4.69) is 0 Å². The molecule has 0 aromatic heterocycles. The molecule has 0 aliphatic heterocycles. The van der Waals surface area contributed by atoms with Gasteiger partial charge < -0.3 is 0 Å². The second-order valence-corrected chi connectivity index (χ2v) is 2.09. The molecule has 0 radical (unpaired) electrons. The Bertz CT molecular complexity index is 20.8. The van der Waals surface area contributed by atoms with Gasteiger partial charge in [0.25, 0.3) is 0 Å². The zero-order chi connectivity index (χ0) is 4.83. The molecule has 1 atom stereocenters. The van der Waals surface area contributed by atoms with Crippen LogP contribution in [-0.2, 0) is 0 Å². The lowest BCUT2D eigenvalue weighted by atomic mass is 10.9. The molecule has 0 amide bonds. The van der Waals surface area contributed by atoms with Gasteiger partial charge in [-0.15, -0.1) is 0 Å². The van der Waals surface area contributed by atoms with Crippen molar-refractivity contribution < 1.29 is 8.78 Å². The lowest BCUT2D eigenvalue weighted by Gasteiger charge is -1.82. The average Bonchev–Trinajstić information content (AvgIpc) is 1.61. The first-order valence-corrected chi connectivity index (χ1v) is 3.16. The monoisotopic (exact) mass is 112 g/mol. The van der Waals surface area contributed by atoms with Crippen molar-refractivity contribution in [3.8, 4) is 0 Å². The second-order valence-electron chi connectivity index (χ2n) is 0.823. The third kappa shape index (κ3) is 4.29. The molecule has 6 heavy (non-hydrogen) atoms. The highest BCUT2D eigenvalue weighted by molar-refractivity contribution is 7.37. The van der Waals surface area contributed by atoms with Crippen molar-refractivity contribution in [2.24, 2.45) is 0 Å². The van der Waals surface area contributed by atoms with Crippen molar-refractivity contribution in [3.05, 3.63) is 0 Å². The van der Waals surface area contributed by atoms with Gasteiger partial charge >= 0.3 is 0 Å². The van der Waals surface area contributed by atoms with Crippen LogP contribution >= 0.6 is 8.58 Å². The van der Waals surface area contributed by atoms with Gasteiger partial charge in [0.15, 0.2) is 0 Å². The van der Waals surface area contributed by atoms with Crippen LogP contribution in [0.15, 0.2) is 0 Å². The predicted molar refractivity (Wildman–Crippen MR) is 25.1 cm³/mol. The van der Waals surface area contributed by atoms with Gasteiger partial charge in [0.05, 0.1) is 6.67 Å². The summed E-state index contributed by atoms with van der Waals surface area (Å²) < 4.78 is 22.0. The van der Waals surface area contributed by atoms with Gasteiger partial charge in [-0.05, 0) is 6.16 Å². The van der Waals surface area contributed by atoms with Crippen molar-refractivity contribution in [3.63, 3.8) is 0 Å². The van der Waals surface area contributed by atoms with Crippen molar-refractivity contribution in [2.75, 3.05) is 19.3 Å². The van der Waals surface area contributed by atoms with E-state index in [1.54, 1.807) is 0 Å². The van der Waals surface area contributed by atoms with Crippen LogP contribution in [0.3, 0.4) is 0 Å². The van der Waals surface area contributed by atoms with Gasteiger partial charge in [-0.3, -0.25) is 4.39 Å². The molecule has 0 saturated carbocycles. The van der Waals surface area contributed by atoms with Crippen LogP contribution in [0.5, 0.6) is 0 Å². The second kappa shape index (κ2) is 5.29. The Labute approximate surface area is 37.7 Å². The Morgan fingerprint density at radius 3 is 2.17 bits per heavy atom. The number of halogens is 2. The Morgan fingerprint density at radius 2 is 2.00 bits per heavy atom. The number of alkyl halides is 2. The quantitative estimate of drug-likeness (QED) is 0.384. The molecule has 0 aromatic rings. The van der Waals surface area contributed by atoms with Gasteiger partial charge in [0.2, 0.25) is 0 Å². The van der Waals surface area contributed by atoms with Crippen molar-refractivity contribution in [2.45, 2.75) is 0 Å². The molecular weight excluding hydrogens is 105 g/mol. The van der Waals surface area contributed by atoms with Crippen molar-refractivity contribution in [1.82, 2.24) is 0 Å². The zero-order valence-electron chi connectivity index (χ0n) is 3.38. The van der Waals surface area contributed by atoms with E-state index in [0.29, 0.717) is 6.16 Å². The molecule has 38 valence electrons. The maximum Gasteiger partial charge on any atom is 0.106 e. The normalized spacial score (nSPS) is 11.0. The number of hydrogen-bond donors (Lipinski definition) is 0. The SMILES string of the molecule is FCCPCF. The molecule has 0 saturated heterocycles. The lowest BCUT2D eigenvalue weighted by molar-refractivity contribution is 0.528. The fourth-order valence-electron chi connectivity index (χ4n) is 0.134. The Balaban J connectivity index is 2.34. The van der Waals surface area contributed by atoms with E-state index in [0.717, 1.165) is 0 Å². The van der Waals surface area contributed by atoms with Crippen LogP contribution in [0.1, 0.15) is 0 Å². The van der Waals surface area contributed by atoms with Gasteiger partial charge in [0.1, 0.15) is 6.42 Å². The third-order valence-corrected chi connectivity index (χ3v) is 1.10. The molecule has 1 unspecified atom stereocenters. The smallest absolute Gasteiger partial charge is 0.106 e. The number of rotatable bonds is 3. The Kier molecular flexibility index (Phi) is 5.55. The summed E-state index contributed by atoms with van der Waals surface area (Å²) in [5, 5.41) is 0. The lowest BCUT2D eigenvalue weighted by Crippen LogP contribution is -1.74. The molecule has 3 heteroatoms. The maximum atomic E-state index is 11.0. The van der Waals surface area contributed by atoms with Crippen LogP contribution in [0.25, 0.3) is 0 Å². The zero-order valence-corrected chi connectivity index (χ0v) is 4.38. The summed E-state index contributed by atoms with van der Waals surface area (Å²) >= 11 is 0. The van der Waals surface area contributed by atoms with Gasteiger partial charge in [-0.2, -0.15) is 0 Å². The fourth-order valence-corrected chi connectivity index (χ4v) is 0.401. The van der Waals surface area contributed by atoms with E-state index in [1.165, 1.54) is 0 Å². The molecule has 0 aromatic carbocycles. The first-order valence-electron chi connectivity index (χ1n) is 1.74. The van der Waals surface area contributed by atoms with Gasteiger partial charge in [-0.25, -0.2) is 4.39 Å². The minimum absolute atomic E-state index is 0.173. The van der Waals surface area contributed by atoms with E-state index in [-0.39, 0.29) is 21.7 Å². The average molecular weight is 112 g/mol. The molecule has 0 heterocycles. The van der Waals surface area contributed by atoms with E-state index >= 15 is 0 Å². The van der Waals surface area contributed by atoms with Crippen LogP contribution in [0, 0.1) is 0 Å². The first kappa shape index (κ1) is 6.29. The summed E-state index contributed by atoms with van der Waals surface area (Å²) in [5.41, 5.74) is 0. The van der Waals surface area contributed by atoms with E-state index < -0.39 is 0 Å². The summed E-state index contributed by atoms with van der Waals surface area (Å²) in [6, 6.07) is 0. The summed E-state index contributed by atoms with van der Waals surface area (Å²) in [5.74, 6) is 0. The predicted octanol–water partition coefficient (Wildman–Crippen LogP) is 1.56. The van der Waals surface area contributed by atoms with Crippen molar-refractivity contribution >= 4 is 8.58 Å². The van der Waals surface area contributed by atoms with E-state index in [1.807, 2.05) is 0 Å². The summed E-state index contributed by atoms with van der Waals surface area (Å²) in [4.78, 5) is 0. The molecule has 0 bridgehead atoms. The highest BCUT2D eigenvalue weighted by Gasteiger charge is 1.79. The van der Waals surface area contributed by atoms with Gasteiger partial charge in [0, 0.05) is 0 Å². The standard InChI is InChI=1S/C3H7F2P/c4-1-2-6-3-5/h6H,1-3H2. The van der Waals surface area contributed by atoms with E-state index in [9.17, 15) is 8.78 Å². The van der Waals surface area contributed by atoms with E-state index in [4.69, 9.17) is 0 Å². The van der Waals surface area contributed by atoms with Crippen LogP contribution in [0.4, 0.5) is 8.78 Å². The summed E-state index contributed by atoms with van der Waals surface area (Å²) in [6.07, 6.45) is 0.0421. The van der Waals surface area contributed by atoms with Crippen LogP contribution in [-0.4, -0.2) is 19.3 Å². The topological polar surface area (TPSA) is 0 Å². The summed E-state index contributed by atoms with van der Waals surface area (Å²) in [7, 11) is 0.173. The van der Waals surface area contributed by atoms with Crippen LogP contribution < -0.4 is 0 Å². The molecule has 0 spiro atoms. The molecule has 0 fully saturated rings. The highest BCUT2D eigenvalue weighted by Crippen LogP contribution is 2.07. The molecule has 0 N–H and O–H groups in total. The van der Waals surface area contributed by atoms with Crippen molar-refractivity contribution in [1.29, 1.82) is 0 Å². The minimum Gasteiger partial charge on any atom is -0.251 e. The highest BCUT2D eigenvalue weighted by atomic mass is 31.1. The maximum absolute atomic E-state index is 11.0. The number of hydrogen-bond acceptors (Lipinski definition) is 0. The fraction of sp³-hybridized carbons (Fsp3) is 1.00.